The Hall–Kier alpha value is -1.46. The van der Waals surface area contributed by atoms with Crippen molar-refractivity contribution in [1.29, 1.82) is 0 Å². The summed E-state index contributed by atoms with van der Waals surface area (Å²) < 4.78 is 3.02. The highest BCUT2D eigenvalue weighted by molar-refractivity contribution is 9.11. The van der Waals surface area contributed by atoms with E-state index in [1.807, 2.05) is 36.4 Å². The molecule has 3 rings (SSSR count). The predicted molar refractivity (Wildman–Crippen MR) is 86.9 cm³/mol. The Morgan fingerprint density at radius 2 is 1.90 bits per heavy atom. The zero-order valence-corrected chi connectivity index (χ0v) is 13.6. The summed E-state index contributed by atoms with van der Waals surface area (Å²) in [6.45, 7) is 0.446. The molecule has 0 aliphatic rings. The molecule has 0 amide bonds. The van der Waals surface area contributed by atoms with Crippen molar-refractivity contribution < 1.29 is 0 Å². The molecule has 5 heteroatoms. The minimum Gasteiger partial charge on any atom is -0.307 e. The number of benzene rings is 1. The van der Waals surface area contributed by atoms with Crippen molar-refractivity contribution in [2.24, 2.45) is 0 Å². The second-order valence-electron chi connectivity index (χ2n) is 4.43. The summed E-state index contributed by atoms with van der Waals surface area (Å²) in [6.07, 6.45) is 1.77. The summed E-state index contributed by atoms with van der Waals surface area (Å²) in [7, 11) is 0. The van der Waals surface area contributed by atoms with Gasteiger partial charge >= 0.3 is 0 Å². The predicted octanol–water partition coefficient (Wildman–Crippen LogP) is 3.97. The van der Waals surface area contributed by atoms with Crippen LogP contribution in [0.5, 0.6) is 0 Å². The fraction of sp³-hybridized carbons (Fsp3) is 0.0667. The second kappa shape index (κ2) is 5.50. The van der Waals surface area contributed by atoms with Crippen molar-refractivity contribution in [2.75, 3.05) is 0 Å². The van der Waals surface area contributed by atoms with E-state index in [2.05, 4.69) is 36.8 Å². The summed E-state index contributed by atoms with van der Waals surface area (Å²) >= 11 is 6.66. The van der Waals surface area contributed by atoms with Crippen LogP contribution in [0.3, 0.4) is 0 Å². The fourth-order valence-corrected chi connectivity index (χ4v) is 3.31. The van der Waals surface area contributed by atoms with Crippen LogP contribution < -0.4 is 5.56 Å². The quantitative estimate of drug-likeness (QED) is 0.660. The fourth-order valence-electron chi connectivity index (χ4n) is 2.05. The van der Waals surface area contributed by atoms with E-state index in [1.54, 1.807) is 16.8 Å². The van der Waals surface area contributed by atoms with Crippen LogP contribution in [0.2, 0.25) is 0 Å². The number of halogens is 2. The number of rotatable bonds is 2. The molecule has 0 bridgehead atoms. The van der Waals surface area contributed by atoms with Gasteiger partial charge in [0.2, 0.25) is 0 Å². The first kappa shape index (κ1) is 13.5. The van der Waals surface area contributed by atoms with Crippen LogP contribution in [0.15, 0.2) is 62.4 Å². The molecule has 2 heterocycles. The highest BCUT2D eigenvalue weighted by Crippen LogP contribution is 2.15. The second-order valence-corrected chi connectivity index (χ2v) is 6.20. The Morgan fingerprint density at radius 1 is 1.10 bits per heavy atom. The van der Waals surface area contributed by atoms with Crippen molar-refractivity contribution in [1.82, 2.24) is 9.55 Å². The van der Waals surface area contributed by atoms with E-state index in [0.717, 1.165) is 21.1 Å². The van der Waals surface area contributed by atoms with Crippen molar-refractivity contribution in [3.8, 4) is 0 Å². The summed E-state index contributed by atoms with van der Waals surface area (Å²) in [6, 6.07) is 13.7. The van der Waals surface area contributed by atoms with Crippen molar-refractivity contribution in [3.63, 3.8) is 0 Å². The summed E-state index contributed by atoms with van der Waals surface area (Å²) in [5, 5.41) is 1.10. The van der Waals surface area contributed by atoms with Gasteiger partial charge in [0, 0.05) is 16.1 Å². The van der Waals surface area contributed by atoms with Crippen LogP contribution in [0.25, 0.3) is 10.9 Å². The van der Waals surface area contributed by atoms with Crippen molar-refractivity contribution in [3.05, 3.63) is 73.7 Å². The molecule has 0 radical (unpaired) electrons. The molecule has 0 atom stereocenters. The first-order valence-electron chi connectivity index (χ1n) is 6.03. The minimum atomic E-state index is -0.0665. The number of aromatic nitrogens is 2. The lowest BCUT2D eigenvalue weighted by molar-refractivity contribution is 0.735. The average molecular weight is 394 g/mol. The van der Waals surface area contributed by atoms with Crippen LogP contribution in [-0.2, 0) is 6.54 Å². The first-order chi connectivity index (χ1) is 9.63. The van der Waals surface area contributed by atoms with E-state index in [4.69, 9.17) is 0 Å². The van der Waals surface area contributed by atoms with Gasteiger partial charge in [0.05, 0.1) is 22.2 Å². The molecular weight excluding hydrogens is 384 g/mol. The molecule has 100 valence electrons. The van der Waals surface area contributed by atoms with Gasteiger partial charge in [0.15, 0.2) is 0 Å². The Kier molecular flexibility index (Phi) is 3.72. The molecule has 0 spiro atoms. The molecule has 2 aromatic heterocycles. The van der Waals surface area contributed by atoms with Crippen LogP contribution in [0, 0.1) is 0 Å². The summed E-state index contributed by atoms with van der Waals surface area (Å²) in [5.74, 6) is 0. The number of fused-ring (bicyclic) bond motifs is 1. The van der Waals surface area contributed by atoms with E-state index in [-0.39, 0.29) is 5.56 Å². The Morgan fingerprint density at radius 3 is 2.75 bits per heavy atom. The Balaban J connectivity index is 2.03. The highest BCUT2D eigenvalue weighted by atomic mass is 79.9. The van der Waals surface area contributed by atoms with Gasteiger partial charge in [0.1, 0.15) is 0 Å². The van der Waals surface area contributed by atoms with Gasteiger partial charge in [-0.2, -0.15) is 0 Å². The van der Waals surface area contributed by atoms with Crippen LogP contribution in [-0.4, -0.2) is 9.55 Å². The number of pyridine rings is 2. The third kappa shape index (κ3) is 2.69. The van der Waals surface area contributed by atoms with Crippen LogP contribution >= 0.6 is 31.9 Å². The van der Waals surface area contributed by atoms with E-state index >= 15 is 0 Å². The molecule has 0 saturated carbocycles. The number of para-hydroxylation sites is 1. The third-order valence-electron chi connectivity index (χ3n) is 3.00. The molecule has 3 nitrogen and oxygen atoms in total. The van der Waals surface area contributed by atoms with Gasteiger partial charge in [-0.15, -0.1) is 0 Å². The zero-order valence-electron chi connectivity index (χ0n) is 10.4. The first-order valence-corrected chi connectivity index (χ1v) is 7.62. The molecule has 0 saturated heterocycles. The summed E-state index contributed by atoms with van der Waals surface area (Å²) in [4.78, 5) is 16.6. The molecule has 0 unspecified atom stereocenters. The van der Waals surface area contributed by atoms with E-state index in [0.29, 0.717) is 11.0 Å². The number of hydrogen-bond donors (Lipinski definition) is 0. The molecule has 0 N–H and O–H groups in total. The monoisotopic (exact) mass is 392 g/mol. The molecule has 0 aliphatic heterocycles. The molecule has 1 aromatic carbocycles. The van der Waals surface area contributed by atoms with Gasteiger partial charge < -0.3 is 4.57 Å². The van der Waals surface area contributed by atoms with Crippen molar-refractivity contribution >= 4 is 42.8 Å². The van der Waals surface area contributed by atoms with Gasteiger partial charge in [0.25, 0.3) is 5.56 Å². The average Bonchev–Trinajstić information content (AvgIpc) is 2.44. The maximum Gasteiger partial charge on any atom is 0.265 e. The largest absolute Gasteiger partial charge is 0.307 e. The van der Waals surface area contributed by atoms with E-state index in [9.17, 15) is 4.79 Å². The topological polar surface area (TPSA) is 34.9 Å². The lowest BCUT2D eigenvalue weighted by atomic mass is 10.2. The Labute approximate surface area is 132 Å². The van der Waals surface area contributed by atoms with Gasteiger partial charge in [-0.3, -0.25) is 9.78 Å². The zero-order chi connectivity index (χ0) is 14.1. The molecule has 0 fully saturated rings. The molecule has 0 aliphatic carbocycles. The lowest BCUT2D eigenvalue weighted by Gasteiger charge is -2.07. The number of hydrogen-bond acceptors (Lipinski definition) is 2. The normalized spacial score (nSPS) is 10.9. The van der Waals surface area contributed by atoms with Crippen LogP contribution in [0.4, 0.5) is 0 Å². The van der Waals surface area contributed by atoms with E-state index in [1.165, 1.54) is 0 Å². The standard InChI is InChI=1S/C15H10Br2N2O/c16-11-7-13(17)15(20)19(8-11)9-12-6-5-10-3-1-2-4-14(10)18-12/h1-8H,9H2. The molecular formula is C15H10Br2N2O. The maximum absolute atomic E-state index is 12.1. The SMILES string of the molecule is O=c1c(Br)cc(Br)cn1Cc1ccc2ccccc2n1. The summed E-state index contributed by atoms with van der Waals surface area (Å²) in [5.41, 5.74) is 1.73. The third-order valence-corrected chi connectivity index (χ3v) is 4.00. The highest BCUT2D eigenvalue weighted by Gasteiger charge is 2.05. The van der Waals surface area contributed by atoms with Gasteiger partial charge in [-0.25, -0.2) is 0 Å². The van der Waals surface area contributed by atoms with Gasteiger partial charge in [-0.1, -0.05) is 24.3 Å². The molecule has 3 aromatic rings. The molecule has 20 heavy (non-hydrogen) atoms. The smallest absolute Gasteiger partial charge is 0.265 e. The maximum atomic E-state index is 12.1. The number of nitrogens with zero attached hydrogens (tertiary/aromatic N) is 2. The van der Waals surface area contributed by atoms with Crippen LogP contribution in [0.1, 0.15) is 5.69 Å². The van der Waals surface area contributed by atoms with Gasteiger partial charge in [-0.05, 0) is 50.1 Å². The van der Waals surface area contributed by atoms with Crippen molar-refractivity contribution in [2.45, 2.75) is 6.54 Å². The minimum absolute atomic E-state index is 0.0665. The van der Waals surface area contributed by atoms with E-state index < -0.39 is 0 Å². The lowest BCUT2D eigenvalue weighted by Crippen LogP contribution is -2.21. The Bertz CT molecular complexity index is 843.